The summed E-state index contributed by atoms with van der Waals surface area (Å²) in [5.41, 5.74) is 1.17. The molecule has 3 rings (SSSR count). The molecule has 0 saturated carbocycles. The molecule has 0 spiro atoms. The molecule has 0 unspecified atom stereocenters. The number of methoxy groups -OCH3 is 1. The Labute approximate surface area is 126 Å². The lowest BCUT2D eigenvalue weighted by atomic mass is 10.2. The lowest BCUT2D eigenvalue weighted by molar-refractivity contribution is 0.415. The standard InChI is InChI=1S/C16H13NOS2/c1-18-13-9-7-12(8-10-13)15-11-17-16(20-15)19-14-5-3-2-4-6-14/h2-11H,1H3. The van der Waals surface area contributed by atoms with Crippen molar-refractivity contribution in [1.82, 2.24) is 4.98 Å². The Kier molecular flexibility index (Phi) is 4.04. The summed E-state index contributed by atoms with van der Waals surface area (Å²) in [7, 11) is 1.68. The van der Waals surface area contributed by atoms with E-state index in [9.17, 15) is 0 Å². The minimum atomic E-state index is 0.872. The summed E-state index contributed by atoms with van der Waals surface area (Å²) in [6, 6.07) is 18.4. The third-order valence-electron chi connectivity index (χ3n) is 2.81. The minimum absolute atomic E-state index is 0.872. The van der Waals surface area contributed by atoms with Crippen LogP contribution in [0.15, 0.2) is 70.0 Å². The molecular formula is C16H13NOS2. The molecule has 0 aliphatic heterocycles. The van der Waals surface area contributed by atoms with Gasteiger partial charge in [0, 0.05) is 11.1 Å². The SMILES string of the molecule is COc1ccc(-c2cnc(Sc3ccccc3)s2)cc1. The van der Waals surface area contributed by atoms with Crippen molar-refractivity contribution in [3.05, 3.63) is 60.8 Å². The van der Waals surface area contributed by atoms with Crippen molar-refractivity contribution < 1.29 is 4.74 Å². The molecule has 0 aliphatic carbocycles. The van der Waals surface area contributed by atoms with Crippen molar-refractivity contribution in [3.8, 4) is 16.2 Å². The molecule has 0 amide bonds. The topological polar surface area (TPSA) is 22.1 Å². The third-order valence-corrected chi connectivity index (χ3v) is 4.94. The molecule has 0 saturated heterocycles. The molecule has 0 radical (unpaired) electrons. The molecule has 0 N–H and O–H groups in total. The molecule has 0 atom stereocenters. The fourth-order valence-corrected chi connectivity index (χ4v) is 3.76. The van der Waals surface area contributed by atoms with Crippen LogP contribution in [0.2, 0.25) is 0 Å². The van der Waals surface area contributed by atoms with Crippen molar-refractivity contribution in [3.63, 3.8) is 0 Å². The third kappa shape index (κ3) is 3.03. The van der Waals surface area contributed by atoms with Crippen LogP contribution in [-0.2, 0) is 0 Å². The van der Waals surface area contributed by atoms with Gasteiger partial charge in [0.05, 0.1) is 12.0 Å². The Bertz CT molecular complexity index is 677. The van der Waals surface area contributed by atoms with Crippen LogP contribution in [0, 0.1) is 0 Å². The van der Waals surface area contributed by atoms with Gasteiger partial charge >= 0.3 is 0 Å². The maximum atomic E-state index is 5.17. The lowest BCUT2D eigenvalue weighted by Gasteiger charge is -2.00. The second-order valence-corrected chi connectivity index (χ2v) is 6.49. The van der Waals surface area contributed by atoms with Crippen LogP contribution < -0.4 is 4.74 Å². The average molecular weight is 299 g/mol. The van der Waals surface area contributed by atoms with Crippen LogP contribution >= 0.6 is 23.1 Å². The molecule has 20 heavy (non-hydrogen) atoms. The highest BCUT2D eigenvalue weighted by Crippen LogP contribution is 2.35. The van der Waals surface area contributed by atoms with E-state index >= 15 is 0 Å². The van der Waals surface area contributed by atoms with Crippen molar-refractivity contribution >= 4 is 23.1 Å². The monoisotopic (exact) mass is 299 g/mol. The first-order valence-corrected chi connectivity index (χ1v) is 7.81. The van der Waals surface area contributed by atoms with E-state index in [2.05, 4.69) is 29.2 Å². The highest BCUT2D eigenvalue weighted by atomic mass is 32.2. The largest absolute Gasteiger partial charge is 0.497 e. The Morgan fingerprint density at radius 2 is 1.75 bits per heavy atom. The van der Waals surface area contributed by atoms with Gasteiger partial charge in [0.1, 0.15) is 5.75 Å². The second-order valence-electron chi connectivity index (χ2n) is 4.13. The molecule has 1 heterocycles. The predicted octanol–water partition coefficient (Wildman–Crippen LogP) is 4.97. The van der Waals surface area contributed by atoms with Crippen molar-refractivity contribution in [2.24, 2.45) is 0 Å². The first kappa shape index (κ1) is 13.2. The zero-order chi connectivity index (χ0) is 13.8. The number of thiazole rings is 1. The number of benzene rings is 2. The van der Waals surface area contributed by atoms with Crippen LogP contribution in [0.1, 0.15) is 0 Å². The maximum absolute atomic E-state index is 5.17. The Morgan fingerprint density at radius 1 is 1.00 bits per heavy atom. The van der Waals surface area contributed by atoms with Gasteiger partial charge in [-0.1, -0.05) is 30.0 Å². The van der Waals surface area contributed by atoms with E-state index in [0.717, 1.165) is 10.1 Å². The van der Waals surface area contributed by atoms with Gasteiger partial charge < -0.3 is 4.74 Å². The molecule has 1 aromatic heterocycles. The van der Waals surface area contributed by atoms with Gasteiger partial charge in [-0.05, 0) is 42.0 Å². The zero-order valence-electron chi connectivity index (χ0n) is 10.9. The molecular weight excluding hydrogens is 286 g/mol. The summed E-state index contributed by atoms with van der Waals surface area (Å²) in [6.45, 7) is 0. The van der Waals surface area contributed by atoms with Gasteiger partial charge in [-0.2, -0.15) is 0 Å². The quantitative estimate of drug-likeness (QED) is 0.679. The summed E-state index contributed by atoms with van der Waals surface area (Å²) in [5.74, 6) is 0.872. The van der Waals surface area contributed by atoms with Gasteiger partial charge in [0.25, 0.3) is 0 Å². The van der Waals surface area contributed by atoms with Crippen molar-refractivity contribution in [1.29, 1.82) is 0 Å². The maximum Gasteiger partial charge on any atom is 0.155 e. The highest BCUT2D eigenvalue weighted by molar-refractivity contribution is 8.01. The van der Waals surface area contributed by atoms with E-state index in [1.54, 1.807) is 30.2 Å². The first-order chi connectivity index (χ1) is 9.85. The van der Waals surface area contributed by atoms with Crippen LogP contribution in [0.3, 0.4) is 0 Å². The lowest BCUT2D eigenvalue weighted by Crippen LogP contribution is -1.81. The van der Waals surface area contributed by atoms with Crippen LogP contribution in [0.4, 0.5) is 0 Å². The summed E-state index contributed by atoms with van der Waals surface area (Å²) in [5, 5.41) is 0. The molecule has 0 bridgehead atoms. The minimum Gasteiger partial charge on any atom is -0.497 e. The molecule has 0 aliphatic rings. The van der Waals surface area contributed by atoms with E-state index in [4.69, 9.17) is 4.74 Å². The van der Waals surface area contributed by atoms with Crippen LogP contribution in [0.25, 0.3) is 10.4 Å². The van der Waals surface area contributed by atoms with E-state index < -0.39 is 0 Å². The van der Waals surface area contributed by atoms with Gasteiger partial charge in [0.2, 0.25) is 0 Å². The molecule has 100 valence electrons. The highest BCUT2D eigenvalue weighted by Gasteiger charge is 2.06. The average Bonchev–Trinajstić information content (AvgIpc) is 2.97. The van der Waals surface area contributed by atoms with Gasteiger partial charge in [0.15, 0.2) is 4.34 Å². The van der Waals surface area contributed by atoms with E-state index in [1.165, 1.54) is 15.3 Å². The van der Waals surface area contributed by atoms with E-state index in [0.29, 0.717) is 0 Å². The number of rotatable bonds is 4. The van der Waals surface area contributed by atoms with Gasteiger partial charge in [-0.25, -0.2) is 4.98 Å². The molecule has 3 aromatic rings. The van der Waals surface area contributed by atoms with Crippen LogP contribution in [-0.4, -0.2) is 12.1 Å². The molecule has 2 nitrogen and oxygen atoms in total. The Hall–Kier alpha value is -1.78. The fraction of sp³-hybridized carbons (Fsp3) is 0.0625. The Morgan fingerprint density at radius 3 is 2.45 bits per heavy atom. The van der Waals surface area contributed by atoms with Gasteiger partial charge in [-0.3, -0.25) is 0 Å². The number of ether oxygens (including phenoxy) is 1. The zero-order valence-corrected chi connectivity index (χ0v) is 12.6. The summed E-state index contributed by atoms with van der Waals surface area (Å²) >= 11 is 3.40. The molecule has 4 heteroatoms. The summed E-state index contributed by atoms with van der Waals surface area (Å²) < 4.78 is 6.23. The molecule has 0 fully saturated rings. The summed E-state index contributed by atoms with van der Waals surface area (Å²) in [6.07, 6.45) is 1.93. The normalized spacial score (nSPS) is 10.4. The predicted molar refractivity (Wildman–Crippen MR) is 84.7 cm³/mol. The van der Waals surface area contributed by atoms with E-state index in [1.807, 2.05) is 36.5 Å². The van der Waals surface area contributed by atoms with Crippen LogP contribution in [0.5, 0.6) is 5.75 Å². The number of nitrogens with zero attached hydrogens (tertiary/aromatic N) is 1. The number of hydrogen-bond acceptors (Lipinski definition) is 4. The van der Waals surface area contributed by atoms with E-state index in [-0.39, 0.29) is 0 Å². The fourth-order valence-electron chi connectivity index (χ4n) is 1.78. The Balaban J connectivity index is 1.79. The molecule has 2 aromatic carbocycles. The number of hydrogen-bond donors (Lipinski definition) is 0. The van der Waals surface area contributed by atoms with Gasteiger partial charge in [-0.15, -0.1) is 11.3 Å². The smallest absolute Gasteiger partial charge is 0.155 e. The second kappa shape index (κ2) is 6.11. The number of aromatic nitrogens is 1. The summed E-state index contributed by atoms with van der Waals surface area (Å²) in [4.78, 5) is 6.86. The first-order valence-electron chi connectivity index (χ1n) is 6.18. The van der Waals surface area contributed by atoms with Crippen molar-refractivity contribution in [2.75, 3.05) is 7.11 Å². The van der Waals surface area contributed by atoms with Crippen molar-refractivity contribution in [2.45, 2.75) is 9.24 Å².